The Hall–Kier alpha value is -0.610. The molecule has 0 aromatic rings. The molecule has 2 atom stereocenters. The molecule has 1 aliphatic rings. The van der Waals surface area contributed by atoms with Crippen molar-refractivity contribution in [2.75, 3.05) is 26.8 Å². The number of ether oxygens (including phenoxy) is 1. The van der Waals surface area contributed by atoms with Gasteiger partial charge in [0.1, 0.15) is 0 Å². The third kappa shape index (κ3) is 5.36. The lowest BCUT2D eigenvalue weighted by molar-refractivity contribution is -0.120. The summed E-state index contributed by atoms with van der Waals surface area (Å²) >= 11 is 0. The lowest BCUT2D eigenvalue weighted by atomic mass is 9.70. The minimum Gasteiger partial charge on any atom is -0.383 e. The first-order chi connectivity index (χ1) is 8.44. The normalized spacial score (nSPS) is 26.9. The minimum absolute atomic E-state index is 0.0593. The maximum Gasteiger partial charge on any atom is 0.234 e. The molecule has 1 amide bonds. The molecule has 2 unspecified atom stereocenters. The Bertz CT molecular complexity index is 267. The van der Waals surface area contributed by atoms with E-state index in [0.717, 1.165) is 0 Å². The Morgan fingerprint density at radius 3 is 2.78 bits per heavy atom. The SMILES string of the molecule is COCCNC(=O)CNC1CCC(C)(C)CC1C. The molecule has 4 nitrogen and oxygen atoms in total. The van der Waals surface area contributed by atoms with Crippen molar-refractivity contribution in [2.45, 2.75) is 46.1 Å². The Balaban J connectivity index is 2.21. The molecule has 0 saturated heterocycles. The molecule has 1 saturated carbocycles. The van der Waals surface area contributed by atoms with Crippen LogP contribution in [0.4, 0.5) is 0 Å². The summed E-state index contributed by atoms with van der Waals surface area (Å²) in [5.41, 5.74) is 0.457. The van der Waals surface area contributed by atoms with Gasteiger partial charge in [-0.3, -0.25) is 4.79 Å². The van der Waals surface area contributed by atoms with E-state index in [1.807, 2.05) is 0 Å². The molecule has 2 N–H and O–H groups in total. The molecule has 0 spiro atoms. The lowest BCUT2D eigenvalue weighted by Crippen LogP contribution is -2.46. The fourth-order valence-corrected chi connectivity index (χ4v) is 2.83. The van der Waals surface area contributed by atoms with Gasteiger partial charge in [0.05, 0.1) is 13.2 Å². The van der Waals surface area contributed by atoms with Gasteiger partial charge in [0, 0.05) is 19.7 Å². The molecule has 0 heterocycles. The van der Waals surface area contributed by atoms with E-state index in [1.165, 1.54) is 19.3 Å². The van der Waals surface area contributed by atoms with E-state index >= 15 is 0 Å². The van der Waals surface area contributed by atoms with Crippen LogP contribution in [0.3, 0.4) is 0 Å². The first kappa shape index (κ1) is 15.4. The van der Waals surface area contributed by atoms with Crippen molar-refractivity contribution in [1.82, 2.24) is 10.6 Å². The average molecular weight is 256 g/mol. The van der Waals surface area contributed by atoms with Crippen molar-refractivity contribution in [3.63, 3.8) is 0 Å². The quantitative estimate of drug-likeness (QED) is 0.709. The van der Waals surface area contributed by atoms with E-state index in [4.69, 9.17) is 4.74 Å². The first-order valence-corrected chi connectivity index (χ1v) is 6.93. The highest BCUT2D eigenvalue weighted by molar-refractivity contribution is 5.77. The molecule has 4 heteroatoms. The standard InChI is InChI=1S/C14H28N2O2/c1-11-9-14(2,3)6-5-12(11)16-10-13(17)15-7-8-18-4/h11-12,16H,5-10H2,1-4H3,(H,15,17). The van der Waals surface area contributed by atoms with Crippen LogP contribution in [-0.2, 0) is 9.53 Å². The summed E-state index contributed by atoms with van der Waals surface area (Å²) in [4.78, 5) is 11.6. The van der Waals surface area contributed by atoms with E-state index in [1.54, 1.807) is 7.11 Å². The lowest BCUT2D eigenvalue weighted by Gasteiger charge is -2.39. The second-order valence-corrected chi connectivity index (χ2v) is 6.21. The van der Waals surface area contributed by atoms with E-state index in [-0.39, 0.29) is 5.91 Å². The Kier molecular flexibility index (Phi) is 6.09. The van der Waals surface area contributed by atoms with Gasteiger partial charge in [-0.15, -0.1) is 0 Å². The Labute approximate surface area is 111 Å². The maximum absolute atomic E-state index is 11.6. The zero-order chi connectivity index (χ0) is 13.6. The van der Waals surface area contributed by atoms with E-state index < -0.39 is 0 Å². The number of hydrogen-bond donors (Lipinski definition) is 2. The van der Waals surface area contributed by atoms with Crippen molar-refractivity contribution >= 4 is 5.91 Å². The number of carbonyl (C=O) groups excluding carboxylic acids is 1. The minimum atomic E-state index is 0.0593. The largest absolute Gasteiger partial charge is 0.383 e. The first-order valence-electron chi connectivity index (χ1n) is 6.93. The second kappa shape index (κ2) is 7.10. The van der Waals surface area contributed by atoms with Gasteiger partial charge in [-0.1, -0.05) is 20.8 Å². The Morgan fingerprint density at radius 1 is 1.44 bits per heavy atom. The summed E-state index contributed by atoms with van der Waals surface area (Å²) in [5, 5.41) is 6.21. The van der Waals surface area contributed by atoms with E-state index in [0.29, 0.717) is 37.1 Å². The number of hydrogen-bond acceptors (Lipinski definition) is 3. The number of rotatable bonds is 6. The van der Waals surface area contributed by atoms with Crippen LogP contribution in [0, 0.1) is 11.3 Å². The van der Waals surface area contributed by atoms with Gasteiger partial charge >= 0.3 is 0 Å². The van der Waals surface area contributed by atoms with E-state index in [9.17, 15) is 4.79 Å². The third-order valence-corrected chi connectivity index (χ3v) is 3.85. The highest BCUT2D eigenvalue weighted by Crippen LogP contribution is 2.38. The summed E-state index contributed by atoms with van der Waals surface area (Å²) < 4.78 is 4.89. The molecular formula is C14H28N2O2. The summed E-state index contributed by atoms with van der Waals surface area (Å²) in [7, 11) is 1.63. The number of methoxy groups -OCH3 is 1. The third-order valence-electron chi connectivity index (χ3n) is 3.85. The monoisotopic (exact) mass is 256 g/mol. The van der Waals surface area contributed by atoms with Crippen molar-refractivity contribution < 1.29 is 9.53 Å². The smallest absolute Gasteiger partial charge is 0.234 e. The summed E-state index contributed by atoms with van der Waals surface area (Å²) in [6, 6.07) is 0.478. The molecule has 0 aromatic carbocycles. The van der Waals surface area contributed by atoms with Crippen molar-refractivity contribution in [1.29, 1.82) is 0 Å². The average Bonchev–Trinajstić information content (AvgIpc) is 2.27. The molecular weight excluding hydrogens is 228 g/mol. The molecule has 1 aliphatic carbocycles. The molecule has 0 aliphatic heterocycles. The fourth-order valence-electron chi connectivity index (χ4n) is 2.83. The van der Waals surface area contributed by atoms with Gasteiger partial charge in [0.25, 0.3) is 0 Å². The van der Waals surface area contributed by atoms with Gasteiger partial charge < -0.3 is 15.4 Å². The van der Waals surface area contributed by atoms with Gasteiger partial charge in [0.15, 0.2) is 0 Å². The number of carbonyl (C=O) groups is 1. The molecule has 106 valence electrons. The van der Waals surface area contributed by atoms with Crippen LogP contribution in [0.1, 0.15) is 40.0 Å². The molecule has 1 rings (SSSR count). The number of nitrogens with one attached hydrogen (secondary N) is 2. The van der Waals surface area contributed by atoms with Crippen LogP contribution in [0.2, 0.25) is 0 Å². The predicted octanol–water partition coefficient (Wildman–Crippen LogP) is 1.55. The highest BCUT2D eigenvalue weighted by atomic mass is 16.5. The van der Waals surface area contributed by atoms with Gasteiger partial charge in [-0.25, -0.2) is 0 Å². The van der Waals surface area contributed by atoms with Crippen LogP contribution >= 0.6 is 0 Å². The van der Waals surface area contributed by atoms with Gasteiger partial charge in [0.2, 0.25) is 5.91 Å². The van der Waals surface area contributed by atoms with Crippen LogP contribution in [0.5, 0.6) is 0 Å². The van der Waals surface area contributed by atoms with Gasteiger partial charge in [-0.2, -0.15) is 0 Å². The van der Waals surface area contributed by atoms with Crippen molar-refractivity contribution in [3.8, 4) is 0 Å². The summed E-state index contributed by atoms with van der Waals surface area (Å²) in [6.45, 7) is 8.51. The summed E-state index contributed by atoms with van der Waals surface area (Å²) in [5.74, 6) is 0.699. The van der Waals surface area contributed by atoms with Crippen LogP contribution in [0.25, 0.3) is 0 Å². The molecule has 0 radical (unpaired) electrons. The fraction of sp³-hybridized carbons (Fsp3) is 0.929. The summed E-state index contributed by atoms with van der Waals surface area (Å²) in [6.07, 6.45) is 3.63. The molecule has 18 heavy (non-hydrogen) atoms. The zero-order valence-electron chi connectivity index (χ0n) is 12.2. The van der Waals surface area contributed by atoms with Gasteiger partial charge in [-0.05, 0) is 30.6 Å². The molecule has 1 fully saturated rings. The maximum atomic E-state index is 11.6. The highest BCUT2D eigenvalue weighted by Gasteiger charge is 2.32. The topological polar surface area (TPSA) is 50.4 Å². The molecule has 0 aromatic heterocycles. The Morgan fingerprint density at radius 2 is 2.17 bits per heavy atom. The van der Waals surface area contributed by atoms with Crippen LogP contribution < -0.4 is 10.6 Å². The van der Waals surface area contributed by atoms with Crippen molar-refractivity contribution in [2.24, 2.45) is 11.3 Å². The van der Waals surface area contributed by atoms with Crippen LogP contribution in [0.15, 0.2) is 0 Å². The van der Waals surface area contributed by atoms with Crippen LogP contribution in [-0.4, -0.2) is 38.8 Å². The second-order valence-electron chi connectivity index (χ2n) is 6.21. The molecule has 0 bridgehead atoms. The zero-order valence-corrected chi connectivity index (χ0v) is 12.2. The van der Waals surface area contributed by atoms with E-state index in [2.05, 4.69) is 31.4 Å². The number of amides is 1. The van der Waals surface area contributed by atoms with Crippen molar-refractivity contribution in [3.05, 3.63) is 0 Å². The predicted molar refractivity (Wildman–Crippen MR) is 73.5 cm³/mol.